The summed E-state index contributed by atoms with van der Waals surface area (Å²) in [5.74, 6) is 0.668. The van der Waals surface area contributed by atoms with Gasteiger partial charge in [0.15, 0.2) is 20.6 Å². The maximum Gasteiger partial charge on any atom is 0.257 e. The van der Waals surface area contributed by atoms with Crippen LogP contribution in [-0.2, 0) is 15.6 Å². The number of para-hydroxylation sites is 1. The van der Waals surface area contributed by atoms with Gasteiger partial charge in [0, 0.05) is 16.8 Å². The lowest BCUT2D eigenvalue weighted by Crippen LogP contribution is -2.03. The van der Waals surface area contributed by atoms with E-state index in [0.717, 1.165) is 16.5 Å². The van der Waals surface area contributed by atoms with Crippen LogP contribution in [0.2, 0.25) is 0 Å². The minimum absolute atomic E-state index is 0.0567. The maximum atomic E-state index is 12.0. The Morgan fingerprint density at radius 1 is 1.14 bits per heavy atom. The lowest BCUT2D eigenvalue weighted by atomic mass is 10.3. The smallest absolute Gasteiger partial charge is 0.257 e. The Hall–Kier alpha value is -2.36. The first-order valence-corrected chi connectivity index (χ1v) is 12.1. The van der Waals surface area contributed by atoms with Crippen LogP contribution in [0.3, 0.4) is 0 Å². The zero-order chi connectivity index (χ0) is 19.6. The molecule has 144 valence electrons. The Morgan fingerprint density at radius 3 is 2.75 bits per heavy atom. The molecule has 0 bridgehead atoms. The summed E-state index contributed by atoms with van der Waals surface area (Å²) < 4.78 is 29.7. The number of hydrogen-bond donors (Lipinski definition) is 1. The molecule has 0 spiro atoms. The van der Waals surface area contributed by atoms with Gasteiger partial charge in [-0.15, -0.1) is 11.3 Å². The van der Waals surface area contributed by atoms with Gasteiger partial charge in [0.25, 0.3) is 5.22 Å². The Balaban J connectivity index is 1.44. The number of fused-ring (bicyclic) bond motifs is 1. The summed E-state index contributed by atoms with van der Waals surface area (Å²) in [6.45, 7) is 1.62. The molecular formula is C19H17N3O3S3. The van der Waals surface area contributed by atoms with Crippen molar-refractivity contribution in [1.82, 2.24) is 9.97 Å². The number of thiazole rings is 1. The van der Waals surface area contributed by atoms with Crippen LogP contribution >= 0.6 is 23.1 Å². The summed E-state index contributed by atoms with van der Waals surface area (Å²) in [5, 5.41) is 6.58. The van der Waals surface area contributed by atoms with Gasteiger partial charge in [-0.3, -0.25) is 0 Å². The van der Waals surface area contributed by atoms with Gasteiger partial charge in [-0.25, -0.2) is 18.4 Å². The van der Waals surface area contributed by atoms with Gasteiger partial charge in [-0.05, 0) is 30.3 Å². The molecule has 0 saturated carbocycles. The topological polar surface area (TPSA) is 85.1 Å². The summed E-state index contributed by atoms with van der Waals surface area (Å²) in [4.78, 5) is 9.24. The number of hydrogen-bond acceptors (Lipinski definition) is 8. The number of oxazole rings is 1. The van der Waals surface area contributed by atoms with Crippen LogP contribution in [0.15, 0.2) is 68.4 Å². The highest BCUT2D eigenvalue weighted by Crippen LogP contribution is 2.29. The van der Waals surface area contributed by atoms with Crippen molar-refractivity contribution in [3.63, 3.8) is 0 Å². The van der Waals surface area contributed by atoms with Crippen molar-refractivity contribution in [2.45, 2.75) is 22.8 Å². The van der Waals surface area contributed by atoms with E-state index < -0.39 is 9.84 Å². The molecule has 28 heavy (non-hydrogen) atoms. The first kappa shape index (κ1) is 19.0. The third kappa shape index (κ3) is 4.21. The Bertz CT molecular complexity index is 1200. The van der Waals surface area contributed by atoms with Gasteiger partial charge in [0.1, 0.15) is 5.52 Å². The normalized spacial score (nSPS) is 11.8. The number of aromatic nitrogens is 2. The maximum absolute atomic E-state index is 12.0. The fraction of sp³-hybridized carbons (Fsp3) is 0.158. The second-order valence-corrected chi connectivity index (χ2v) is 10.00. The van der Waals surface area contributed by atoms with Gasteiger partial charge in [-0.2, -0.15) is 0 Å². The predicted molar refractivity (Wildman–Crippen MR) is 113 cm³/mol. The fourth-order valence-electron chi connectivity index (χ4n) is 2.52. The summed E-state index contributed by atoms with van der Waals surface area (Å²) in [5.41, 5.74) is 3.03. The molecule has 4 rings (SSSR count). The fourth-order valence-corrected chi connectivity index (χ4v) is 4.99. The first-order valence-electron chi connectivity index (χ1n) is 8.56. The SMILES string of the molecule is CCS(=O)(=O)c1ccc2oc(SCc3csc(Nc4ccccc4)n3)nc2c1. The van der Waals surface area contributed by atoms with E-state index in [1.165, 1.54) is 23.1 Å². The van der Waals surface area contributed by atoms with Crippen LogP contribution < -0.4 is 5.32 Å². The molecule has 0 amide bonds. The molecule has 1 N–H and O–H groups in total. The van der Waals surface area contributed by atoms with Crippen LogP contribution in [-0.4, -0.2) is 24.1 Å². The highest BCUT2D eigenvalue weighted by atomic mass is 32.2. The summed E-state index contributed by atoms with van der Waals surface area (Å²) in [6.07, 6.45) is 0. The van der Waals surface area contributed by atoms with Crippen LogP contribution in [0, 0.1) is 0 Å². The summed E-state index contributed by atoms with van der Waals surface area (Å²) >= 11 is 2.97. The molecule has 0 unspecified atom stereocenters. The zero-order valence-electron chi connectivity index (χ0n) is 15.0. The first-order chi connectivity index (χ1) is 13.5. The minimum atomic E-state index is -3.26. The van der Waals surface area contributed by atoms with E-state index in [1.54, 1.807) is 25.1 Å². The molecule has 0 radical (unpaired) electrons. The van der Waals surface area contributed by atoms with E-state index in [2.05, 4.69) is 15.3 Å². The molecule has 0 aliphatic rings. The number of nitrogens with one attached hydrogen (secondary N) is 1. The summed E-state index contributed by atoms with van der Waals surface area (Å²) in [6, 6.07) is 14.7. The minimum Gasteiger partial charge on any atom is -0.431 e. The van der Waals surface area contributed by atoms with Crippen molar-refractivity contribution in [2.24, 2.45) is 0 Å². The second-order valence-electron chi connectivity index (χ2n) is 5.94. The van der Waals surface area contributed by atoms with Crippen molar-refractivity contribution in [3.05, 3.63) is 59.6 Å². The van der Waals surface area contributed by atoms with E-state index >= 15 is 0 Å². The lowest BCUT2D eigenvalue weighted by Gasteiger charge is -2.00. The third-order valence-corrected chi connectivity index (χ3v) is 7.40. The average molecular weight is 432 g/mol. The average Bonchev–Trinajstić information content (AvgIpc) is 3.32. The summed E-state index contributed by atoms with van der Waals surface area (Å²) in [7, 11) is -3.26. The van der Waals surface area contributed by atoms with Crippen molar-refractivity contribution in [1.29, 1.82) is 0 Å². The van der Waals surface area contributed by atoms with Crippen molar-refractivity contribution in [3.8, 4) is 0 Å². The van der Waals surface area contributed by atoms with Gasteiger partial charge in [-0.1, -0.05) is 36.9 Å². The third-order valence-electron chi connectivity index (χ3n) is 4.00. The molecule has 6 nitrogen and oxygen atoms in total. The van der Waals surface area contributed by atoms with Gasteiger partial charge >= 0.3 is 0 Å². The van der Waals surface area contributed by atoms with E-state index in [-0.39, 0.29) is 10.6 Å². The van der Waals surface area contributed by atoms with E-state index in [1.807, 2.05) is 35.7 Å². The lowest BCUT2D eigenvalue weighted by molar-refractivity contribution is 0.489. The molecule has 0 saturated heterocycles. The van der Waals surface area contributed by atoms with Crippen LogP contribution in [0.1, 0.15) is 12.6 Å². The number of rotatable bonds is 7. The predicted octanol–water partition coefficient (Wildman–Crippen LogP) is 5.11. The highest BCUT2D eigenvalue weighted by Gasteiger charge is 2.15. The van der Waals surface area contributed by atoms with Gasteiger partial charge in [0.05, 0.1) is 16.3 Å². The number of anilines is 2. The zero-order valence-corrected chi connectivity index (χ0v) is 17.4. The largest absolute Gasteiger partial charge is 0.431 e. The molecule has 0 fully saturated rings. The Labute approximate surface area is 170 Å². The second kappa shape index (κ2) is 7.94. The van der Waals surface area contributed by atoms with E-state index in [0.29, 0.717) is 22.1 Å². The molecule has 2 aromatic carbocycles. The van der Waals surface area contributed by atoms with Crippen LogP contribution in [0.25, 0.3) is 11.1 Å². The number of benzene rings is 2. The number of thioether (sulfide) groups is 1. The highest BCUT2D eigenvalue weighted by molar-refractivity contribution is 7.98. The van der Waals surface area contributed by atoms with Crippen LogP contribution in [0.4, 0.5) is 10.8 Å². The quantitative estimate of drug-likeness (QED) is 0.407. The van der Waals surface area contributed by atoms with Crippen molar-refractivity contribution in [2.75, 3.05) is 11.1 Å². The molecule has 0 atom stereocenters. The van der Waals surface area contributed by atoms with Crippen LogP contribution in [0.5, 0.6) is 0 Å². The molecule has 0 aliphatic carbocycles. The molecule has 2 aromatic heterocycles. The monoisotopic (exact) mass is 431 g/mol. The number of sulfone groups is 1. The van der Waals surface area contributed by atoms with Crippen molar-refractivity contribution >= 4 is 54.9 Å². The standard InChI is InChI=1S/C19H17N3O3S3/c1-2-28(23,24)15-8-9-17-16(10-15)22-19(25-17)27-12-14-11-26-18(21-14)20-13-6-4-3-5-7-13/h3-11H,2,12H2,1H3,(H,20,21). The Kier molecular flexibility index (Phi) is 5.38. The molecule has 2 heterocycles. The van der Waals surface area contributed by atoms with Crippen molar-refractivity contribution < 1.29 is 12.8 Å². The van der Waals surface area contributed by atoms with E-state index in [4.69, 9.17) is 4.42 Å². The molecule has 0 aliphatic heterocycles. The van der Waals surface area contributed by atoms with Gasteiger partial charge in [0.2, 0.25) is 0 Å². The van der Waals surface area contributed by atoms with Gasteiger partial charge < -0.3 is 9.73 Å². The number of nitrogens with zero attached hydrogens (tertiary/aromatic N) is 2. The Morgan fingerprint density at radius 2 is 1.96 bits per heavy atom. The molecular weight excluding hydrogens is 414 g/mol. The van der Waals surface area contributed by atoms with E-state index in [9.17, 15) is 8.42 Å². The molecule has 4 aromatic rings. The molecule has 9 heteroatoms.